The summed E-state index contributed by atoms with van der Waals surface area (Å²) in [6.45, 7) is 2.27. The Morgan fingerprint density at radius 1 is 1.04 bits per heavy atom. The Labute approximate surface area is 139 Å². The third-order valence-electron chi connectivity index (χ3n) is 5.33. The number of carbonyl (C=O) groups is 1. The molecule has 0 spiro atoms. The average Bonchev–Trinajstić information content (AvgIpc) is 2.58. The molecular weight excluding hydrogens is 286 g/mol. The van der Waals surface area contributed by atoms with E-state index in [4.69, 9.17) is 5.73 Å². The van der Waals surface area contributed by atoms with Gasteiger partial charge in [0.1, 0.15) is 0 Å². The Kier molecular flexibility index (Phi) is 5.55. The van der Waals surface area contributed by atoms with Crippen LogP contribution < -0.4 is 11.1 Å². The zero-order chi connectivity index (χ0) is 16.1. The second-order valence-corrected chi connectivity index (χ2v) is 7.09. The highest BCUT2D eigenvalue weighted by molar-refractivity contribution is 5.79. The largest absolute Gasteiger partial charge is 0.399 e. The third kappa shape index (κ3) is 4.71. The zero-order valence-corrected chi connectivity index (χ0v) is 14.0. The number of rotatable bonds is 4. The predicted octanol–water partition coefficient (Wildman–Crippen LogP) is 2.72. The second kappa shape index (κ2) is 7.82. The number of nitrogen functional groups attached to an aromatic ring is 1. The molecule has 0 radical (unpaired) electrons. The fourth-order valence-corrected chi connectivity index (χ4v) is 3.95. The summed E-state index contributed by atoms with van der Waals surface area (Å²) >= 11 is 0. The van der Waals surface area contributed by atoms with E-state index in [1.54, 1.807) is 0 Å². The van der Waals surface area contributed by atoms with E-state index in [1.165, 1.54) is 32.1 Å². The number of piperidine rings is 1. The summed E-state index contributed by atoms with van der Waals surface area (Å²) in [6.07, 6.45) is 9.55. The minimum Gasteiger partial charge on any atom is -0.399 e. The van der Waals surface area contributed by atoms with Crippen molar-refractivity contribution in [2.24, 2.45) is 0 Å². The maximum atomic E-state index is 12.2. The molecule has 3 N–H and O–H groups in total. The average molecular weight is 315 g/mol. The lowest BCUT2D eigenvalue weighted by Gasteiger charge is -2.39. The first-order valence-electron chi connectivity index (χ1n) is 9.08. The number of benzene rings is 1. The lowest BCUT2D eigenvalue weighted by atomic mass is 9.92. The van der Waals surface area contributed by atoms with Crippen molar-refractivity contribution in [3.8, 4) is 0 Å². The van der Waals surface area contributed by atoms with Gasteiger partial charge < -0.3 is 16.0 Å². The van der Waals surface area contributed by atoms with Gasteiger partial charge in [-0.15, -0.1) is 0 Å². The lowest BCUT2D eigenvalue weighted by molar-refractivity contribution is -0.121. The van der Waals surface area contributed by atoms with Crippen LogP contribution >= 0.6 is 0 Å². The predicted molar refractivity (Wildman–Crippen MR) is 94.2 cm³/mol. The van der Waals surface area contributed by atoms with Crippen LogP contribution in [0.1, 0.15) is 50.5 Å². The maximum Gasteiger partial charge on any atom is 0.224 e. The zero-order valence-electron chi connectivity index (χ0n) is 14.0. The fraction of sp³-hybridized carbons (Fsp3) is 0.632. The molecule has 1 heterocycles. The molecule has 4 heteroatoms. The van der Waals surface area contributed by atoms with E-state index >= 15 is 0 Å². The first kappa shape index (κ1) is 16.3. The molecule has 1 saturated carbocycles. The SMILES string of the molecule is Nc1ccc(CC(=O)NC2CCN(C3CCCCC3)CC2)cc1. The molecule has 126 valence electrons. The van der Waals surface area contributed by atoms with Crippen molar-refractivity contribution >= 4 is 11.6 Å². The Morgan fingerprint density at radius 3 is 2.35 bits per heavy atom. The number of likely N-dealkylation sites (tertiary alicyclic amines) is 1. The van der Waals surface area contributed by atoms with E-state index in [9.17, 15) is 4.79 Å². The van der Waals surface area contributed by atoms with Crippen LogP contribution in [0, 0.1) is 0 Å². The molecule has 1 aromatic rings. The summed E-state index contributed by atoms with van der Waals surface area (Å²) in [4.78, 5) is 14.8. The Morgan fingerprint density at radius 2 is 1.70 bits per heavy atom. The molecule has 2 fully saturated rings. The van der Waals surface area contributed by atoms with Crippen LogP contribution in [0.25, 0.3) is 0 Å². The fourth-order valence-electron chi connectivity index (χ4n) is 3.95. The van der Waals surface area contributed by atoms with Gasteiger partial charge in [-0.25, -0.2) is 0 Å². The molecule has 0 atom stereocenters. The molecule has 0 unspecified atom stereocenters. The van der Waals surface area contributed by atoms with Crippen molar-refractivity contribution < 1.29 is 4.79 Å². The highest BCUT2D eigenvalue weighted by Crippen LogP contribution is 2.25. The van der Waals surface area contributed by atoms with Crippen LogP contribution in [0.15, 0.2) is 24.3 Å². The van der Waals surface area contributed by atoms with E-state index in [-0.39, 0.29) is 5.91 Å². The van der Waals surface area contributed by atoms with Gasteiger partial charge >= 0.3 is 0 Å². The number of carbonyl (C=O) groups excluding carboxylic acids is 1. The van der Waals surface area contributed by atoms with E-state index in [0.717, 1.165) is 43.2 Å². The summed E-state index contributed by atoms with van der Waals surface area (Å²) in [7, 11) is 0. The number of amides is 1. The Balaban J connectivity index is 1.41. The molecule has 1 aromatic carbocycles. The van der Waals surface area contributed by atoms with Crippen LogP contribution in [0.2, 0.25) is 0 Å². The van der Waals surface area contributed by atoms with Crippen molar-refractivity contribution in [1.82, 2.24) is 10.2 Å². The number of nitrogens with one attached hydrogen (secondary N) is 1. The van der Waals surface area contributed by atoms with Crippen LogP contribution in [-0.2, 0) is 11.2 Å². The van der Waals surface area contributed by atoms with E-state index < -0.39 is 0 Å². The normalized spacial score (nSPS) is 21.2. The number of hydrogen-bond donors (Lipinski definition) is 2. The molecule has 2 aliphatic rings. The minimum atomic E-state index is 0.130. The summed E-state index contributed by atoms with van der Waals surface area (Å²) in [5, 5.41) is 3.21. The quantitative estimate of drug-likeness (QED) is 0.840. The van der Waals surface area contributed by atoms with Crippen molar-refractivity contribution in [3.63, 3.8) is 0 Å². The number of nitrogens with zero attached hydrogens (tertiary/aromatic N) is 1. The first-order chi connectivity index (χ1) is 11.2. The van der Waals surface area contributed by atoms with Crippen LogP contribution in [0.3, 0.4) is 0 Å². The van der Waals surface area contributed by atoms with Gasteiger partial charge in [-0.05, 0) is 43.4 Å². The molecule has 1 amide bonds. The van der Waals surface area contributed by atoms with Crippen molar-refractivity contribution in [2.45, 2.75) is 63.5 Å². The molecular formula is C19H29N3O. The maximum absolute atomic E-state index is 12.2. The third-order valence-corrected chi connectivity index (χ3v) is 5.33. The number of nitrogens with two attached hydrogens (primary N) is 1. The van der Waals surface area contributed by atoms with Gasteiger partial charge in [0.05, 0.1) is 6.42 Å². The Hall–Kier alpha value is -1.55. The lowest BCUT2D eigenvalue weighted by Crippen LogP contribution is -2.48. The standard InChI is InChI=1S/C19H29N3O/c20-16-8-6-15(7-9-16)14-19(23)21-17-10-12-22(13-11-17)18-4-2-1-3-5-18/h6-9,17-18H,1-5,10-14,20H2,(H,21,23). The summed E-state index contributed by atoms with van der Waals surface area (Å²) in [6, 6.07) is 8.71. The molecule has 1 aliphatic heterocycles. The highest BCUT2D eigenvalue weighted by atomic mass is 16.1. The molecule has 0 aromatic heterocycles. The second-order valence-electron chi connectivity index (χ2n) is 7.09. The monoisotopic (exact) mass is 315 g/mol. The van der Waals surface area contributed by atoms with Crippen molar-refractivity contribution in [3.05, 3.63) is 29.8 Å². The summed E-state index contributed by atoms with van der Waals surface area (Å²) in [5.74, 6) is 0.130. The van der Waals surface area contributed by atoms with Gasteiger partial charge in [0, 0.05) is 30.9 Å². The van der Waals surface area contributed by atoms with E-state index in [0.29, 0.717) is 12.5 Å². The smallest absolute Gasteiger partial charge is 0.224 e. The van der Waals surface area contributed by atoms with Crippen LogP contribution in [0.4, 0.5) is 5.69 Å². The van der Waals surface area contributed by atoms with Gasteiger partial charge in [0.15, 0.2) is 0 Å². The molecule has 0 bridgehead atoms. The minimum absolute atomic E-state index is 0.130. The van der Waals surface area contributed by atoms with Gasteiger partial charge in [0.2, 0.25) is 5.91 Å². The summed E-state index contributed by atoms with van der Waals surface area (Å²) < 4.78 is 0. The van der Waals surface area contributed by atoms with Gasteiger partial charge in [-0.1, -0.05) is 31.4 Å². The van der Waals surface area contributed by atoms with Gasteiger partial charge in [-0.2, -0.15) is 0 Å². The summed E-state index contributed by atoms with van der Waals surface area (Å²) in [5.41, 5.74) is 7.44. The molecule has 4 nitrogen and oxygen atoms in total. The first-order valence-corrected chi connectivity index (χ1v) is 9.08. The van der Waals surface area contributed by atoms with E-state index in [2.05, 4.69) is 10.2 Å². The van der Waals surface area contributed by atoms with E-state index in [1.807, 2.05) is 24.3 Å². The van der Waals surface area contributed by atoms with Crippen molar-refractivity contribution in [1.29, 1.82) is 0 Å². The number of hydrogen-bond acceptors (Lipinski definition) is 3. The molecule has 1 saturated heterocycles. The molecule has 23 heavy (non-hydrogen) atoms. The van der Waals surface area contributed by atoms with Gasteiger partial charge in [-0.3, -0.25) is 4.79 Å². The highest BCUT2D eigenvalue weighted by Gasteiger charge is 2.26. The van der Waals surface area contributed by atoms with Crippen molar-refractivity contribution in [2.75, 3.05) is 18.8 Å². The molecule has 1 aliphatic carbocycles. The van der Waals surface area contributed by atoms with Crippen LogP contribution in [0.5, 0.6) is 0 Å². The van der Waals surface area contributed by atoms with Gasteiger partial charge in [0.25, 0.3) is 0 Å². The molecule has 3 rings (SSSR count). The van der Waals surface area contributed by atoms with Crippen LogP contribution in [-0.4, -0.2) is 36.0 Å². The number of anilines is 1. The Bertz CT molecular complexity index is 500. The topological polar surface area (TPSA) is 58.4 Å².